The molecule has 0 amide bonds. The maximum atomic E-state index is 6.41. The van der Waals surface area contributed by atoms with Gasteiger partial charge in [-0.15, -0.1) is 0 Å². The number of hydrogen-bond donors (Lipinski definition) is 2. The predicted octanol–water partition coefficient (Wildman–Crippen LogP) is 3.84. The number of aryl methyl sites for hydroxylation is 1. The molecular formula is C22H22ClN7. The van der Waals surface area contributed by atoms with Crippen molar-refractivity contribution in [2.24, 2.45) is 7.05 Å². The van der Waals surface area contributed by atoms with E-state index in [1.165, 1.54) is 5.69 Å². The summed E-state index contributed by atoms with van der Waals surface area (Å²) in [7, 11) is 1.97. The molecule has 30 heavy (non-hydrogen) atoms. The van der Waals surface area contributed by atoms with E-state index in [2.05, 4.69) is 54.8 Å². The SMILES string of the molecule is Cn1cnc2cc(-c3nc(Nc4ccc(N5CCNCC5)cc4)ncc3Cl)ccc21. The molecular weight excluding hydrogens is 398 g/mol. The third-order valence-electron chi connectivity index (χ3n) is 5.35. The van der Waals surface area contributed by atoms with E-state index in [0.29, 0.717) is 16.7 Å². The predicted molar refractivity (Wildman–Crippen MR) is 122 cm³/mol. The number of nitrogens with zero attached hydrogens (tertiary/aromatic N) is 5. The number of fused-ring (bicyclic) bond motifs is 1. The highest BCUT2D eigenvalue weighted by atomic mass is 35.5. The van der Waals surface area contributed by atoms with Gasteiger partial charge in [0.2, 0.25) is 5.95 Å². The average molecular weight is 420 g/mol. The van der Waals surface area contributed by atoms with Gasteiger partial charge in [0.05, 0.1) is 34.3 Å². The number of imidazole rings is 1. The van der Waals surface area contributed by atoms with E-state index >= 15 is 0 Å². The van der Waals surface area contributed by atoms with Crippen molar-refractivity contribution >= 4 is 40.0 Å². The molecule has 1 saturated heterocycles. The molecule has 1 fully saturated rings. The van der Waals surface area contributed by atoms with E-state index in [1.54, 1.807) is 12.5 Å². The van der Waals surface area contributed by atoms with Crippen molar-refractivity contribution < 1.29 is 0 Å². The second-order valence-corrected chi connectivity index (χ2v) is 7.77. The van der Waals surface area contributed by atoms with Crippen LogP contribution in [0, 0.1) is 0 Å². The van der Waals surface area contributed by atoms with Crippen LogP contribution < -0.4 is 15.5 Å². The first-order valence-corrected chi connectivity index (χ1v) is 10.3. The monoisotopic (exact) mass is 419 g/mol. The van der Waals surface area contributed by atoms with Gasteiger partial charge in [-0.05, 0) is 36.4 Å². The standard InChI is InChI=1S/C22H22ClN7/c1-29-14-26-19-12-15(2-7-20(19)29)21-18(23)13-25-22(28-21)27-16-3-5-17(6-4-16)30-10-8-24-9-11-30/h2-7,12-14,24H,8-11H2,1H3,(H,25,27,28). The van der Waals surface area contributed by atoms with Crippen LogP contribution in [0.5, 0.6) is 0 Å². The quantitative estimate of drug-likeness (QED) is 0.523. The minimum atomic E-state index is 0.505. The van der Waals surface area contributed by atoms with E-state index in [9.17, 15) is 0 Å². The second kappa shape index (κ2) is 7.93. The molecule has 4 aromatic rings. The number of rotatable bonds is 4. The lowest BCUT2D eigenvalue weighted by molar-refractivity contribution is 0.589. The lowest BCUT2D eigenvalue weighted by Gasteiger charge is -2.29. The van der Waals surface area contributed by atoms with E-state index < -0.39 is 0 Å². The van der Waals surface area contributed by atoms with Gasteiger partial charge < -0.3 is 20.1 Å². The average Bonchev–Trinajstić information content (AvgIpc) is 3.16. The zero-order valence-corrected chi connectivity index (χ0v) is 17.4. The van der Waals surface area contributed by atoms with Gasteiger partial charge in [0, 0.05) is 50.2 Å². The van der Waals surface area contributed by atoms with Crippen molar-refractivity contribution in [3.05, 3.63) is 60.0 Å². The normalized spacial score (nSPS) is 14.3. The molecule has 8 heteroatoms. The molecule has 5 rings (SSSR count). The van der Waals surface area contributed by atoms with Crippen molar-refractivity contribution in [1.82, 2.24) is 24.8 Å². The number of piperazine rings is 1. The summed E-state index contributed by atoms with van der Waals surface area (Å²) in [4.78, 5) is 15.8. The maximum Gasteiger partial charge on any atom is 0.227 e. The van der Waals surface area contributed by atoms with Crippen molar-refractivity contribution in [3.63, 3.8) is 0 Å². The molecule has 2 aromatic carbocycles. The van der Waals surface area contributed by atoms with Crippen molar-refractivity contribution in [1.29, 1.82) is 0 Å². The van der Waals surface area contributed by atoms with Crippen LogP contribution in [0.4, 0.5) is 17.3 Å². The van der Waals surface area contributed by atoms with E-state index in [4.69, 9.17) is 11.6 Å². The highest BCUT2D eigenvalue weighted by Gasteiger charge is 2.12. The van der Waals surface area contributed by atoms with Crippen LogP contribution in [0.3, 0.4) is 0 Å². The molecule has 1 aliphatic heterocycles. The summed E-state index contributed by atoms with van der Waals surface area (Å²) in [5.74, 6) is 0.505. The van der Waals surface area contributed by atoms with E-state index in [1.807, 2.05) is 29.8 Å². The van der Waals surface area contributed by atoms with Crippen LogP contribution in [-0.4, -0.2) is 45.7 Å². The molecule has 0 aliphatic carbocycles. The van der Waals surface area contributed by atoms with Crippen molar-refractivity contribution in [3.8, 4) is 11.3 Å². The Kier molecular flexibility index (Phi) is 4.98. The molecule has 7 nitrogen and oxygen atoms in total. The number of hydrogen-bond acceptors (Lipinski definition) is 6. The topological polar surface area (TPSA) is 70.9 Å². The van der Waals surface area contributed by atoms with Gasteiger partial charge in [-0.1, -0.05) is 17.7 Å². The lowest BCUT2D eigenvalue weighted by Crippen LogP contribution is -2.43. The first kappa shape index (κ1) is 18.8. The summed E-state index contributed by atoms with van der Waals surface area (Å²) < 4.78 is 1.98. The maximum absolute atomic E-state index is 6.41. The smallest absolute Gasteiger partial charge is 0.227 e. The molecule has 1 aliphatic rings. The fourth-order valence-corrected chi connectivity index (χ4v) is 3.92. The minimum Gasteiger partial charge on any atom is -0.369 e. The van der Waals surface area contributed by atoms with Gasteiger partial charge in [0.1, 0.15) is 0 Å². The number of halogens is 1. The van der Waals surface area contributed by atoms with Gasteiger partial charge in [0.25, 0.3) is 0 Å². The summed E-state index contributed by atoms with van der Waals surface area (Å²) in [5, 5.41) is 7.16. The van der Waals surface area contributed by atoms with E-state index in [-0.39, 0.29) is 0 Å². The lowest BCUT2D eigenvalue weighted by atomic mass is 10.1. The molecule has 0 bridgehead atoms. The molecule has 0 radical (unpaired) electrons. The molecule has 152 valence electrons. The molecule has 0 unspecified atom stereocenters. The van der Waals surface area contributed by atoms with Gasteiger partial charge in [-0.25, -0.2) is 15.0 Å². The number of aromatic nitrogens is 4. The highest BCUT2D eigenvalue weighted by Crippen LogP contribution is 2.29. The Balaban J connectivity index is 1.38. The van der Waals surface area contributed by atoms with Gasteiger partial charge in [-0.2, -0.15) is 0 Å². The van der Waals surface area contributed by atoms with Crippen molar-refractivity contribution in [2.45, 2.75) is 0 Å². The summed E-state index contributed by atoms with van der Waals surface area (Å²) in [6.45, 7) is 4.09. The molecule has 2 N–H and O–H groups in total. The zero-order valence-electron chi connectivity index (χ0n) is 16.6. The Bertz CT molecular complexity index is 1180. The third-order valence-corrected chi connectivity index (χ3v) is 5.63. The fourth-order valence-electron chi connectivity index (χ4n) is 3.72. The summed E-state index contributed by atoms with van der Waals surface area (Å²) in [6, 6.07) is 14.4. The van der Waals surface area contributed by atoms with Crippen molar-refractivity contribution in [2.75, 3.05) is 36.4 Å². The van der Waals surface area contributed by atoms with Crippen LogP contribution in [0.1, 0.15) is 0 Å². The number of anilines is 3. The second-order valence-electron chi connectivity index (χ2n) is 7.36. The minimum absolute atomic E-state index is 0.505. The first-order valence-electron chi connectivity index (χ1n) is 9.94. The molecule has 2 aromatic heterocycles. The Morgan fingerprint density at radius 1 is 1.03 bits per heavy atom. The summed E-state index contributed by atoms with van der Waals surface area (Å²) in [6.07, 6.45) is 3.43. The van der Waals surface area contributed by atoms with E-state index in [0.717, 1.165) is 48.5 Å². The van der Waals surface area contributed by atoms with Gasteiger partial charge in [-0.3, -0.25) is 0 Å². The van der Waals surface area contributed by atoms with Crippen LogP contribution in [0.25, 0.3) is 22.3 Å². The third kappa shape index (κ3) is 3.69. The summed E-state index contributed by atoms with van der Waals surface area (Å²) >= 11 is 6.41. The van der Waals surface area contributed by atoms with Crippen LogP contribution in [-0.2, 0) is 7.05 Å². The molecule has 3 heterocycles. The molecule has 0 spiro atoms. The van der Waals surface area contributed by atoms with Crippen LogP contribution >= 0.6 is 11.6 Å². The number of benzene rings is 2. The zero-order chi connectivity index (χ0) is 20.5. The van der Waals surface area contributed by atoms with Gasteiger partial charge >= 0.3 is 0 Å². The van der Waals surface area contributed by atoms with Crippen LogP contribution in [0.2, 0.25) is 5.02 Å². The summed E-state index contributed by atoms with van der Waals surface area (Å²) in [5.41, 5.74) is 5.71. The highest BCUT2D eigenvalue weighted by molar-refractivity contribution is 6.33. The van der Waals surface area contributed by atoms with Crippen LogP contribution in [0.15, 0.2) is 55.0 Å². The Labute approximate surface area is 179 Å². The Morgan fingerprint density at radius 3 is 2.63 bits per heavy atom. The first-order chi connectivity index (χ1) is 14.7. The Hall–Kier alpha value is -3.16. The Morgan fingerprint density at radius 2 is 1.83 bits per heavy atom. The number of nitrogens with one attached hydrogen (secondary N) is 2. The van der Waals surface area contributed by atoms with Gasteiger partial charge in [0.15, 0.2) is 0 Å². The molecule has 0 atom stereocenters. The largest absolute Gasteiger partial charge is 0.369 e. The molecule has 0 saturated carbocycles. The fraction of sp³-hybridized carbons (Fsp3) is 0.227.